The SMILES string of the molecule is COC(=O)N1CCN(/C(=N/O)c2ccc(NC(=O)Nc3ccc(S(=O)(=O)NCc4ccc(S(N)(=O)=O)cc4)cc3)cc2)CC1. The third kappa shape index (κ3) is 8.22. The van der Waals surface area contributed by atoms with Gasteiger partial charge >= 0.3 is 12.1 Å². The molecule has 0 saturated carbocycles. The molecule has 1 aliphatic heterocycles. The van der Waals surface area contributed by atoms with Gasteiger partial charge in [0.1, 0.15) is 0 Å². The van der Waals surface area contributed by atoms with Gasteiger partial charge in [-0.2, -0.15) is 0 Å². The molecule has 1 heterocycles. The van der Waals surface area contributed by atoms with Gasteiger partial charge in [0.25, 0.3) is 0 Å². The van der Waals surface area contributed by atoms with Crippen LogP contribution in [-0.2, 0) is 31.3 Å². The molecular formula is C27H31N7O8S2. The van der Waals surface area contributed by atoms with Crippen LogP contribution in [-0.4, -0.2) is 83.1 Å². The summed E-state index contributed by atoms with van der Waals surface area (Å²) in [4.78, 5) is 27.5. The molecule has 6 N–H and O–H groups in total. The van der Waals surface area contributed by atoms with Crippen molar-refractivity contribution in [2.75, 3.05) is 43.9 Å². The fourth-order valence-corrected chi connectivity index (χ4v) is 5.84. The highest BCUT2D eigenvalue weighted by molar-refractivity contribution is 7.89. The predicted octanol–water partition coefficient (Wildman–Crippen LogP) is 1.98. The van der Waals surface area contributed by atoms with Crippen molar-refractivity contribution in [3.8, 4) is 0 Å². The lowest BCUT2D eigenvalue weighted by Crippen LogP contribution is -2.50. The number of oxime groups is 1. The lowest BCUT2D eigenvalue weighted by molar-refractivity contribution is 0.105. The molecule has 3 aromatic carbocycles. The quantitative estimate of drug-likeness (QED) is 0.105. The maximum atomic E-state index is 12.7. The van der Waals surface area contributed by atoms with Gasteiger partial charge in [0.15, 0.2) is 5.84 Å². The van der Waals surface area contributed by atoms with Gasteiger partial charge in [-0.3, -0.25) is 0 Å². The van der Waals surface area contributed by atoms with E-state index in [-0.39, 0.29) is 16.3 Å². The van der Waals surface area contributed by atoms with E-state index >= 15 is 0 Å². The van der Waals surface area contributed by atoms with Gasteiger partial charge in [0.2, 0.25) is 20.0 Å². The predicted molar refractivity (Wildman–Crippen MR) is 161 cm³/mol. The summed E-state index contributed by atoms with van der Waals surface area (Å²) >= 11 is 0. The smallest absolute Gasteiger partial charge is 0.409 e. The van der Waals surface area contributed by atoms with E-state index in [2.05, 4.69) is 20.5 Å². The van der Waals surface area contributed by atoms with Gasteiger partial charge in [0.05, 0.1) is 16.9 Å². The zero-order valence-electron chi connectivity index (χ0n) is 23.5. The van der Waals surface area contributed by atoms with Crippen LogP contribution in [0.25, 0.3) is 0 Å². The highest BCUT2D eigenvalue weighted by atomic mass is 32.2. The Bertz CT molecular complexity index is 1720. The maximum absolute atomic E-state index is 12.7. The number of amidine groups is 1. The average Bonchev–Trinajstić information content (AvgIpc) is 3.01. The molecule has 15 nitrogen and oxygen atoms in total. The third-order valence-electron chi connectivity index (χ3n) is 6.65. The number of ether oxygens (including phenoxy) is 1. The molecule has 3 aromatic rings. The third-order valence-corrected chi connectivity index (χ3v) is 8.99. The van der Waals surface area contributed by atoms with Gasteiger partial charge in [-0.25, -0.2) is 36.3 Å². The largest absolute Gasteiger partial charge is 0.453 e. The number of hydrogen-bond donors (Lipinski definition) is 5. The standard InChI is InChI=1S/C27H31N7O8S2/c1-42-27(36)34-16-14-33(15-17-34)25(32-37)20-4-6-21(7-5-20)30-26(35)31-22-8-12-24(13-9-22)44(40,41)29-18-19-2-10-23(11-3-19)43(28,38)39/h2-13,29,37H,14-18H2,1H3,(H2,28,38,39)(H2,30,31,35)/b32-25+. The minimum atomic E-state index is -3.90. The first kappa shape index (κ1) is 32.2. The molecule has 3 amide bonds. The van der Waals surface area contributed by atoms with E-state index in [0.717, 1.165) is 0 Å². The lowest BCUT2D eigenvalue weighted by Gasteiger charge is -2.35. The fraction of sp³-hybridized carbons (Fsp3) is 0.222. The number of benzene rings is 3. The van der Waals surface area contributed by atoms with Crippen LogP contribution in [0.15, 0.2) is 87.7 Å². The molecule has 0 unspecified atom stereocenters. The summed E-state index contributed by atoms with van der Waals surface area (Å²) in [5.41, 5.74) is 1.94. The van der Waals surface area contributed by atoms with Crippen LogP contribution in [0, 0.1) is 0 Å². The number of piperazine rings is 1. The summed E-state index contributed by atoms with van der Waals surface area (Å²) in [5.74, 6) is 0.329. The second kappa shape index (κ2) is 13.7. The summed E-state index contributed by atoms with van der Waals surface area (Å²) in [7, 11) is -6.43. The molecular weight excluding hydrogens is 614 g/mol. The van der Waals surface area contributed by atoms with E-state index in [9.17, 15) is 31.6 Å². The Kier molecular flexibility index (Phi) is 10.0. The molecule has 1 aliphatic rings. The summed E-state index contributed by atoms with van der Waals surface area (Å²) in [6, 6.07) is 17.1. The Labute approximate surface area is 254 Å². The minimum Gasteiger partial charge on any atom is -0.453 e. The van der Waals surface area contributed by atoms with Gasteiger partial charge in [0, 0.05) is 49.7 Å². The van der Waals surface area contributed by atoms with E-state index in [0.29, 0.717) is 54.5 Å². The summed E-state index contributed by atoms with van der Waals surface area (Å²) < 4.78 is 55.3. The zero-order valence-corrected chi connectivity index (χ0v) is 25.1. The zero-order chi connectivity index (χ0) is 31.9. The van der Waals surface area contributed by atoms with Crippen LogP contribution < -0.4 is 20.5 Å². The van der Waals surface area contributed by atoms with Gasteiger partial charge < -0.3 is 30.4 Å². The van der Waals surface area contributed by atoms with Crippen molar-refractivity contribution in [2.24, 2.45) is 10.3 Å². The Morgan fingerprint density at radius 2 is 1.32 bits per heavy atom. The van der Waals surface area contributed by atoms with Crippen LogP contribution >= 0.6 is 0 Å². The normalized spacial score (nSPS) is 14.2. The van der Waals surface area contributed by atoms with Crippen molar-refractivity contribution in [1.82, 2.24) is 14.5 Å². The molecule has 0 radical (unpaired) electrons. The molecule has 0 atom stereocenters. The van der Waals surface area contributed by atoms with Crippen molar-refractivity contribution in [3.63, 3.8) is 0 Å². The van der Waals surface area contributed by atoms with Gasteiger partial charge in [-0.05, 0) is 66.2 Å². The second-order valence-corrected chi connectivity index (χ2v) is 12.9. The first-order valence-electron chi connectivity index (χ1n) is 13.1. The Hall–Kier alpha value is -4.71. The number of nitrogens with one attached hydrogen (secondary N) is 3. The molecule has 0 aliphatic carbocycles. The number of anilines is 2. The van der Waals surface area contributed by atoms with Crippen LogP contribution in [0.2, 0.25) is 0 Å². The van der Waals surface area contributed by atoms with Crippen molar-refractivity contribution in [3.05, 3.63) is 83.9 Å². The number of amides is 3. The van der Waals surface area contributed by atoms with E-state index in [1.54, 1.807) is 29.2 Å². The molecule has 0 bridgehead atoms. The van der Waals surface area contributed by atoms with Crippen LogP contribution in [0.4, 0.5) is 21.0 Å². The number of hydrogen-bond acceptors (Lipinski definition) is 9. The number of nitrogens with two attached hydrogens (primary N) is 1. The highest BCUT2D eigenvalue weighted by Gasteiger charge is 2.24. The van der Waals surface area contributed by atoms with Gasteiger partial charge in [-0.1, -0.05) is 17.3 Å². The number of methoxy groups -OCH3 is 1. The fourth-order valence-electron chi connectivity index (χ4n) is 4.31. The van der Waals surface area contributed by atoms with E-state index in [1.165, 1.54) is 55.6 Å². The topological polar surface area (TPSA) is 213 Å². The summed E-state index contributed by atoms with van der Waals surface area (Å²) in [6.07, 6.45) is -0.413. The molecule has 234 valence electrons. The minimum absolute atomic E-state index is 0.0340. The van der Waals surface area contributed by atoms with E-state index in [4.69, 9.17) is 9.88 Å². The number of sulfonamides is 2. The Balaban J connectivity index is 1.29. The average molecular weight is 646 g/mol. The van der Waals surface area contributed by atoms with Crippen molar-refractivity contribution >= 4 is 49.4 Å². The Morgan fingerprint density at radius 1 is 0.818 bits per heavy atom. The van der Waals surface area contributed by atoms with E-state index < -0.39 is 32.2 Å². The number of carbonyl (C=O) groups excluding carboxylic acids is 2. The second-order valence-electron chi connectivity index (χ2n) is 9.56. The van der Waals surface area contributed by atoms with Crippen molar-refractivity contribution in [2.45, 2.75) is 16.3 Å². The van der Waals surface area contributed by atoms with E-state index in [1.807, 2.05) is 4.90 Å². The van der Waals surface area contributed by atoms with Gasteiger partial charge in [-0.15, -0.1) is 0 Å². The molecule has 44 heavy (non-hydrogen) atoms. The molecule has 4 rings (SSSR count). The van der Waals surface area contributed by atoms with Crippen molar-refractivity contribution < 1.29 is 36.4 Å². The molecule has 1 saturated heterocycles. The molecule has 17 heteroatoms. The first-order valence-corrected chi connectivity index (χ1v) is 16.1. The molecule has 0 spiro atoms. The first-order chi connectivity index (χ1) is 20.9. The number of carbonyl (C=O) groups is 2. The summed E-state index contributed by atoms with van der Waals surface area (Å²) in [6.45, 7) is 1.64. The number of nitrogens with zero attached hydrogens (tertiary/aromatic N) is 3. The summed E-state index contributed by atoms with van der Waals surface area (Å²) in [5, 5.41) is 23.4. The lowest BCUT2D eigenvalue weighted by atomic mass is 10.1. The molecule has 0 aromatic heterocycles. The van der Waals surface area contributed by atoms with Crippen LogP contribution in [0.3, 0.4) is 0 Å². The Morgan fingerprint density at radius 3 is 1.82 bits per heavy atom. The van der Waals surface area contributed by atoms with Crippen LogP contribution in [0.1, 0.15) is 11.1 Å². The monoisotopic (exact) mass is 645 g/mol. The molecule has 1 fully saturated rings. The number of primary sulfonamides is 1. The van der Waals surface area contributed by atoms with Crippen LogP contribution in [0.5, 0.6) is 0 Å². The highest BCUT2D eigenvalue weighted by Crippen LogP contribution is 2.18. The number of rotatable bonds is 8. The maximum Gasteiger partial charge on any atom is 0.409 e. The van der Waals surface area contributed by atoms with Crippen molar-refractivity contribution in [1.29, 1.82) is 0 Å². The number of urea groups is 1.